The van der Waals surface area contributed by atoms with E-state index in [0.29, 0.717) is 5.19 Å². The number of carboxylic acid groups (broad SMARTS) is 1. The number of aromatic carboxylic acids is 1. The van der Waals surface area contributed by atoms with Gasteiger partial charge in [0.15, 0.2) is 11.5 Å². The lowest BCUT2D eigenvalue weighted by Crippen LogP contribution is -2.46. The van der Waals surface area contributed by atoms with E-state index in [1.165, 1.54) is 0 Å². The molecule has 8 heteroatoms. The Kier molecular flexibility index (Phi) is 4.54. The molecule has 1 aliphatic rings. The number of carboxylic acids is 1. The molecule has 0 spiro atoms. The third kappa shape index (κ3) is 2.62. The molecule has 1 heterocycles. The summed E-state index contributed by atoms with van der Waals surface area (Å²) in [5, 5.41) is 9.95. The first kappa shape index (κ1) is 17.2. The van der Waals surface area contributed by atoms with Crippen LogP contribution in [0.5, 0.6) is 11.5 Å². The minimum absolute atomic E-state index is 0.109. The SMILES string of the molecule is CC[Si](CC)(CC)c1cc(Br)c(C(=O)O)c2c1OC(F)(F)O2. The number of alkyl halides is 2. The number of hydrogen-bond acceptors (Lipinski definition) is 3. The van der Waals surface area contributed by atoms with Crippen molar-refractivity contribution >= 4 is 35.2 Å². The quantitative estimate of drug-likeness (QED) is 0.760. The fourth-order valence-corrected chi connectivity index (χ4v) is 7.51. The van der Waals surface area contributed by atoms with E-state index in [2.05, 4.69) is 25.4 Å². The molecule has 22 heavy (non-hydrogen) atoms. The first-order valence-electron chi connectivity index (χ1n) is 7.07. The zero-order valence-electron chi connectivity index (χ0n) is 12.5. The van der Waals surface area contributed by atoms with Gasteiger partial charge in [-0.05, 0) is 27.2 Å². The Morgan fingerprint density at radius 1 is 1.23 bits per heavy atom. The number of fused-ring (bicyclic) bond motifs is 1. The Morgan fingerprint density at radius 3 is 2.18 bits per heavy atom. The summed E-state index contributed by atoms with van der Waals surface area (Å²) in [7, 11) is -2.06. The molecule has 0 radical (unpaired) electrons. The summed E-state index contributed by atoms with van der Waals surface area (Å²) in [5.41, 5.74) is -0.331. The molecule has 0 saturated heterocycles. The highest BCUT2D eigenvalue weighted by Crippen LogP contribution is 2.46. The average Bonchev–Trinajstić information content (AvgIpc) is 2.75. The summed E-state index contributed by atoms with van der Waals surface area (Å²) in [6, 6.07) is 4.16. The molecule has 0 aromatic heterocycles. The van der Waals surface area contributed by atoms with Gasteiger partial charge < -0.3 is 14.6 Å². The van der Waals surface area contributed by atoms with Crippen LogP contribution in [0.2, 0.25) is 18.1 Å². The van der Waals surface area contributed by atoms with E-state index >= 15 is 0 Å². The second kappa shape index (κ2) is 5.81. The van der Waals surface area contributed by atoms with Crippen molar-refractivity contribution < 1.29 is 28.2 Å². The summed E-state index contributed by atoms with van der Waals surface area (Å²) in [5.74, 6) is -1.83. The van der Waals surface area contributed by atoms with E-state index in [4.69, 9.17) is 0 Å². The van der Waals surface area contributed by atoms with Crippen LogP contribution in [0.4, 0.5) is 8.78 Å². The molecule has 4 nitrogen and oxygen atoms in total. The molecule has 122 valence electrons. The third-order valence-electron chi connectivity index (χ3n) is 4.45. The number of hydrogen-bond donors (Lipinski definition) is 1. The van der Waals surface area contributed by atoms with Crippen LogP contribution in [-0.4, -0.2) is 25.4 Å². The van der Waals surface area contributed by atoms with Crippen molar-refractivity contribution in [1.29, 1.82) is 0 Å². The molecule has 0 fully saturated rings. The highest BCUT2D eigenvalue weighted by atomic mass is 79.9. The molecule has 0 aliphatic carbocycles. The normalized spacial score (nSPS) is 15.9. The first-order valence-corrected chi connectivity index (χ1v) is 10.5. The van der Waals surface area contributed by atoms with Crippen LogP contribution in [0.3, 0.4) is 0 Å². The van der Waals surface area contributed by atoms with Gasteiger partial charge in [0.2, 0.25) is 0 Å². The molecule has 1 aromatic rings. The Morgan fingerprint density at radius 2 is 1.73 bits per heavy atom. The van der Waals surface area contributed by atoms with Gasteiger partial charge in [-0.25, -0.2) is 4.79 Å². The minimum Gasteiger partial charge on any atom is -0.478 e. The molecule has 1 N–H and O–H groups in total. The molecular formula is C14H17BrF2O4Si. The van der Waals surface area contributed by atoms with E-state index in [9.17, 15) is 18.7 Å². The Labute approximate surface area is 136 Å². The lowest BCUT2D eigenvalue weighted by molar-refractivity contribution is -0.286. The number of halogens is 3. The van der Waals surface area contributed by atoms with Crippen LogP contribution in [0.1, 0.15) is 31.1 Å². The predicted molar refractivity (Wildman–Crippen MR) is 84.1 cm³/mol. The van der Waals surface area contributed by atoms with Gasteiger partial charge in [-0.2, -0.15) is 0 Å². The number of benzene rings is 1. The van der Waals surface area contributed by atoms with E-state index in [0.717, 1.165) is 18.1 Å². The molecule has 2 rings (SSSR count). The lowest BCUT2D eigenvalue weighted by atomic mass is 10.2. The monoisotopic (exact) mass is 394 g/mol. The van der Waals surface area contributed by atoms with Crippen LogP contribution in [-0.2, 0) is 0 Å². The molecular weight excluding hydrogens is 378 g/mol. The van der Waals surface area contributed by atoms with E-state index < -0.39 is 20.3 Å². The summed E-state index contributed by atoms with van der Waals surface area (Å²) in [6.45, 7) is 6.08. The predicted octanol–water partition coefficient (Wildman–Crippen LogP) is 4.18. The van der Waals surface area contributed by atoms with Crippen molar-refractivity contribution in [2.75, 3.05) is 0 Å². The highest BCUT2D eigenvalue weighted by Gasteiger charge is 2.49. The molecule has 0 bridgehead atoms. The second-order valence-electron chi connectivity index (χ2n) is 5.25. The van der Waals surface area contributed by atoms with Crippen molar-refractivity contribution in [3.05, 3.63) is 16.1 Å². The topological polar surface area (TPSA) is 55.8 Å². The molecule has 1 aromatic carbocycles. The Bertz CT molecular complexity index is 609. The smallest absolute Gasteiger partial charge is 0.478 e. The van der Waals surface area contributed by atoms with Crippen LogP contribution in [0, 0.1) is 0 Å². The number of rotatable bonds is 5. The molecule has 0 unspecified atom stereocenters. The van der Waals surface area contributed by atoms with Gasteiger partial charge in [-0.15, -0.1) is 8.78 Å². The maximum absolute atomic E-state index is 13.6. The average molecular weight is 395 g/mol. The van der Waals surface area contributed by atoms with Crippen LogP contribution < -0.4 is 14.7 Å². The number of carbonyl (C=O) groups is 1. The summed E-state index contributed by atoms with van der Waals surface area (Å²) >= 11 is 3.18. The third-order valence-corrected chi connectivity index (χ3v) is 10.6. The molecule has 0 amide bonds. The van der Waals surface area contributed by atoms with Crippen molar-refractivity contribution in [2.24, 2.45) is 0 Å². The van der Waals surface area contributed by atoms with Crippen LogP contribution >= 0.6 is 15.9 Å². The first-order chi connectivity index (χ1) is 10.2. The minimum atomic E-state index is -3.84. The van der Waals surface area contributed by atoms with Crippen LogP contribution in [0.25, 0.3) is 0 Å². The van der Waals surface area contributed by atoms with Gasteiger partial charge in [0.05, 0.1) is 8.07 Å². The van der Waals surface area contributed by atoms with Gasteiger partial charge in [-0.3, -0.25) is 0 Å². The van der Waals surface area contributed by atoms with Gasteiger partial charge in [0.1, 0.15) is 5.56 Å². The van der Waals surface area contributed by atoms with Gasteiger partial charge in [-0.1, -0.05) is 38.9 Å². The summed E-state index contributed by atoms with van der Waals surface area (Å²) in [6.07, 6.45) is -3.84. The second-order valence-corrected chi connectivity index (χ2v) is 11.3. The zero-order chi connectivity index (χ0) is 16.7. The van der Waals surface area contributed by atoms with Crippen molar-refractivity contribution in [2.45, 2.75) is 45.2 Å². The lowest BCUT2D eigenvalue weighted by Gasteiger charge is -2.30. The van der Waals surface area contributed by atoms with E-state index in [-0.39, 0.29) is 21.5 Å². The highest BCUT2D eigenvalue weighted by molar-refractivity contribution is 9.10. The summed E-state index contributed by atoms with van der Waals surface area (Å²) in [4.78, 5) is 11.4. The molecule has 0 atom stereocenters. The van der Waals surface area contributed by atoms with Crippen LogP contribution in [0.15, 0.2) is 10.5 Å². The number of ether oxygens (including phenoxy) is 2. The Hall–Kier alpha value is -1.15. The van der Waals surface area contributed by atoms with Crippen molar-refractivity contribution in [3.8, 4) is 11.5 Å². The van der Waals surface area contributed by atoms with E-state index in [1.807, 2.05) is 20.8 Å². The molecule has 1 aliphatic heterocycles. The van der Waals surface area contributed by atoms with Gasteiger partial charge >= 0.3 is 12.3 Å². The fourth-order valence-electron chi connectivity index (χ4n) is 2.98. The largest absolute Gasteiger partial charge is 0.586 e. The van der Waals surface area contributed by atoms with E-state index in [1.54, 1.807) is 6.07 Å². The standard InChI is InChI=1S/C14H17BrF2O4Si/c1-4-22(5-2,6-3)9-7-8(15)10(13(18)19)12-11(9)20-14(16,17)21-12/h7H,4-6H2,1-3H3,(H,18,19). The summed E-state index contributed by atoms with van der Waals surface area (Å²) < 4.78 is 36.5. The molecule has 0 saturated carbocycles. The zero-order valence-corrected chi connectivity index (χ0v) is 15.1. The Balaban J connectivity index is 2.77. The maximum Gasteiger partial charge on any atom is 0.586 e. The van der Waals surface area contributed by atoms with Gasteiger partial charge in [0.25, 0.3) is 0 Å². The van der Waals surface area contributed by atoms with Crippen molar-refractivity contribution in [3.63, 3.8) is 0 Å². The maximum atomic E-state index is 13.6. The van der Waals surface area contributed by atoms with Gasteiger partial charge in [0, 0.05) is 4.47 Å². The fraction of sp³-hybridized carbons (Fsp3) is 0.500. The van der Waals surface area contributed by atoms with Crippen molar-refractivity contribution in [1.82, 2.24) is 0 Å².